The second-order valence-electron chi connectivity index (χ2n) is 5.82. The van der Waals surface area contributed by atoms with E-state index in [1.165, 1.54) is 0 Å². The number of aliphatic imine (C=N–C) groups is 1. The smallest absolute Gasteiger partial charge is 0.241 e. The van der Waals surface area contributed by atoms with E-state index in [-0.39, 0.29) is 12.5 Å². The fourth-order valence-electron chi connectivity index (χ4n) is 2.21. The minimum atomic E-state index is 0.00399. The van der Waals surface area contributed by atoms with E-state index < -0.39 is 0 Å². The molecule has 1 aromatic rings. The Hall–Kier alpha value is -2.09. The van der Waals surface area contributed by atoms with Crippen LogP contribution in [0.4, 0.5) is 0 Å². The lowest BCUT2D eigenvalue weighted by Gasteiger charge is -2.25. The van der Waals surface area contributed by atoms with E-state index >= 15 is 0 Å². The van der Waals surface area contributed by atoms with Crippen molar-refractivity contribution in [3.05, 3.63) is 18.0 Å². The molecule has 1 aliphatic rings. The monoisotopic (exact) mass is 322 g/mol. The van der Waals surface area contributed by atoms with Crippen LogP contribution in [0.15, 0.2) is 17.3 Å². The molecular weight excluding hydrogens is 296 g/mol. The van der Waals surface area contributed by atoms with Gasteiger partial charge in [0.05, 0.1) is 18.8 Å². The van der Waals surface area contributed by atoms with Crippen LogP contribution in [-0.4, -0.2) is 66.4 Å². The summed E-state index contributed by atoms with van der Waals surface area (Å²) in [5.74, 6) is 0.641. The molecule has 0 spiro atoms. The molecule has 2 heterocycles. The Kier molecular flexibility index (Phi) is 6.40. The number of likely N-dealkylation sites (N-methyl/N-ethyl adjacent to an activating group) is 1. The van der Waals surface area contributed by atoms with Gasteiger partial charge in [-0.25, -0.2) is 4.99 Å². The zero-order valence-corrected chi connectivity index (χ0v) is 14.1. The van der Waals surface area contributed by atoms with E-state index in [1.807, 2.05) is 19.3 Å². The molecule has 1 amide bonds. The minimum absolute atomic E-state index is 0.00399. The van der Waals surface area contributed by atoms with Gasteiger partial charge in [-0.05, 0) is 18.9 Å². The Labute approximate surface area is 136 Å². The van der Waals surface area contributed by atoms with Gasteiger partial charge in [0.2, 0.25) is 5.91 Å². The van der Waals surface area contributed by atoms with Crippen LogP contribution in [0, 0.1) is 0 Å². The van der Waals surface area contributed by atoms with Gasteiger partial charge >= 0.3 is 0 Å². The first-order valence-corrected chi connectivity index (χ1v) is 7.86. The summed E-state index contributed by atoms with van der Waals surface area (Å²) in [5, 5.41) is 10.8. The summed E-state index contributed by atoms with van der Waals surface area (Å²) in [6, 6.07) is 2.24. The van der Waals surface area contributed by atoms with Gasteiger partial charge in [-0.2, -0.15) is 5.10 Å². The molecule has 0 aromatic carbocycles. The van der Waals surface area contributed by atoms with Crippen LogP contribution in [0.3, 0.4) is 0 Å². The number of carbonyl (C=O) groups excluding carboxylic acids is 1. The maximum Gasteiger partial charge on any atom is 0.241 e. The number of ether oxygens (including phenoxy) is 1. The molecule has 2 N–H and O–H groups in total. The predicted octanol–water partition coefficient (Wildman–Crippen LogP) is -0.277. The average Bonchev–Trinajstić information content (AvgIpc) is 2.96. The topological polar surface area (TPSA) is 83.8 Å². The third kappa shape index (κ3) is 5.90. The van der Waals surface area contributed by atoms with E-state index in [4.69, 9.17) is 4.74 Å². The molecular formula is C15H26N6O2. The van der Waals surface area contributed by atoms with Crippen molar-refractivity contribution in [1.82, 2.24) is 25.3 Å². The van der Waals surface area contributed by atoms with Crippen molar-refractivity contribution in [3.63, 3.8) is 0 Å². The summed E-state index contributed by atoms with van der Waals surface area (Å²) in [5.41, 5.74) is 0.888. The van der Waals surface area contributed by atoms with Crippen LogP contribution in [-0.2, 0) is 23.1 Å². The van der Waals surface area contributed by atoms with Crippen molar-refractivity contribution in [2.45, 2.75) is 25.4 Å². The fraction of sp³-hybridized carbons (Fsp3) is 0.667. The number of nitrogens with zero attached hydrogens (tertiary/aromatic N) is 4. The number of nitrogens with one attached hydrogen (secondary N) is 2. The number of hydrogen-bond acceptors (Lipinski definition) is 4. The van der Waals surface area contributed by atoms with Crippen molar-refractivity contribution in [2.24, 2.45) is 12.0 Å². The third-order valence-electron chi connectivity index (χ3n) is 3.64. The average molecular weight is 322 g/mol. The number of aromatic nitrogens is 2. The van der Waals surface area contributed by atoms with Gasteiger partial charge in [0.25, 0.3) is 0 Å². The zero-order chi connectivity index (χ0) is 16.7. The normalized spacial score (nSPS) is 16.2. The maximum absolute atomic E-state index is 11.8. The second kappa shape index (κ2) is 8.52. The predicted molar refractivity (Wildman–Crippen MR) is 88.0 cm³/mol. The van der Waals surface area contributed by atoms with Crippen LogP contribution < -0.4 is 10.6 Å². The first-order chi connectivity index (χ1) is 11.0. The van der Waals surface area contributed by atoms with Crippen molar-refractivity contribution < 1.29 is 9.53 Å². The first-order valence-electron chi connectivity index (χ1n) is 7.86. The summed E-state index contributed by atoms with van der Waals surface area (Å²) in [6.45, 7) is 2.18. The summed E-state index contributed by atoms with van der Waals surface area (Å²) in [4.78, 5) is 17.9. The minimum Gasteiger partial charge on any atom is -0.381 e. The number of rotatable bonds is 5. The molecule has 1 fully saturated rings. The Morgan fingerprint density at radius 1 is 1.48 bits per heavy atom. The number of carbonyl (C=O) groups is 1. The van der Waals surface area contributed by atoms with Gasteiger partial charge in [-0.1, -0.05) is 0 Å². The lowest BCUT2D eigenvalue weighted by molar-refractivity contribution is -0.127. The quantitative estimate of drug-likeness (QED) is 0.575. The number of hydrogen-bond donors (Lipinski definition) is 2. The van der Waals surface area contributed by atoms with Crippen molar-refractivity contribution in [3.8, 4) is 0 Å². The van der Waals surface area contributed by atoms with Gasteiger partial charge < -0.3 is 20.3 Å². The van der Waals surface area contributed by atoms with Gasteiger partial charge in [-0.3, -0.25) is 9.48 Å². The molecule has 23 heavy (non-hydrogen) atoms. The lowest BCUT2D eigenvalue weighted by atomic mass is 10.1. The molecule has 8 heteroatoms. The van der Waals surface area contributed by atoms with Crippen molar-refractivity contribution >= 4 is 11.9 Å². The van der Waals surface area contributed by atoms with E-state index in [9.17, 15) is 4.79 Å². The summed E-state index contributed by atoms with van der Waals surface area (Å²) in [7, 11) is 5.35. The van der Waals surface area contributed by atoms with Crippen molar-refractivity contribution in [2.75, 3.05) is 33.9 Å². The fourth-order valence-corrected chi connectivity index (χ4v) is 2.21. The SMILES string of the molecule is CN(C)C(=O)CNC(=NCc1ccn(C)n1)NC1CCOCC1. The summed E-state index contributed by atoms with van der Waals surface area (Å²) in [6.07, 6.45) is 3.76. The Bertz CT molecular complexity index is 534. The molecule has 0 aliphatic carbocycles. The van der Waals surface area contributed by atoms with Gasteiger partial charge in [0.15, 0.2) is 5.96 Å². The van der Waals surface area contributed by atoms with Crippen molar-refractivity contribution in [1.29, 1.82) is 0 Å². The van der Waals surface area contributed by atoms with E-state index in [0.29, 0.717) is 18.5 Å². The molecule has 128 valence electrons. The molecule has 0 atom stereocenters. The highest BCUT2D eigenvalue weighted by Crippen LogP contribution is 2.06. The van der Waals surface area contributed by atoms with Crippen LogP contribution in [0.2, 0.25) is 0 Å². The number of guanidine groups is 1. The highest BCUT2D eigenvalue weighted by molar-refractivity contribution is 5.86. The van der Waals surface area contributed by atoms with E-state index in [0.717, 1.165) is 31.7 Å². The summed E-state index contributed by atoms with van der Waals surface area (Å²) >= 11 is 0. The molecule has 1 saturated heterocycles. The van der Waals surface area contributed by atoms with Gasteiger partial charge in [-0.15, -0.1) is 0 Å². The number of aryl methyl sites for hydroxylation is 1. The largest absolute Gasteiger partial charge is 0.381 e. The van der Waals surface area contributed by atoms with Gasteiger partial charge in [0.1, 0.15) is 0 Å². The molecule has 0 bridgehead atoms. The Morgan fingerprint density at radius 2 is 2.22 bits per heavy atom. The Balaban J connectivity index is 1.95. The molecule has 1 aromatic heterocycles. The van der Waals surface area contributed by atoms with Gasteiger partial charge in [0, 0.05) is 46.6 Å². The number of amides is 1. The third-order valence-corrected chi connectivity index (χ3v) is 3.64. The molecule has 1 aliphatic heterocycles. The van der Waals surface area contributed by atoms with Crippen LogP contribution >= 0.6 is 0 Å². The van der Waals surface area contributed by atoms with Crippen LogP contribution in [0.25, 0.3) is 0 Å². The molecule has 8 nitrogen and oxygen atoms in total. The highest BCUT2D eigenvalue weighted by atomic mass is 16.5. The molecule has 0 unspecified atom stereocenters. The first kappa shape index (κ1) is 17.3. The lowest BCUT2D eigenvalue weighted by Crippen LogP contribution is -2.48. The standard InChI is InChI=1S/C15H26N6O2/c1-20(2)14(22)11-17-15(18-12-5-8-23-9-6-12)16-10-13-4-7-21(3)19-13/h4,7,12H,5-6,8-11H2,1-3H3,(H2,16,17,18). The maximum atomic E-state index is 11.8. The zero-order valence-electron chi connectivity index (χ0n) is 14.1. The molecule has 2 rings (SSSR count). The van der Waals surface area contributed by atoms with E-state index in [2.05, 4.69) is 20.7 Å². The van der Waals surface area contributed by atoms with Crippen LogP contribution in [0.1, 0.15) is 18.5 Å². The second-order valence-corrected chi connectivity index (χ2v) is 5.82. The molecule has 0 saturated carbocycles. The highest BCUT2D eigenvalue weighted by Gasteiger charge is 2.16. The van der Waals surface area contributed by atoms with Crippen LogP contribution in [0.5, 0.6) is 0 Å². The molecule has 0 radical (unpaired) electrons. The summed E-state index contributed by atoms with van der Waals surface area (Å²) < 4.78 is 7.12. The van der Waals surface area contributed by atoms with E-state index in [1.54, 1.807) is 23.7 Å². The Morgan fingerprint density at radius 3 is 2.83 bits per heavy atom.